The van der Waals surface area contributed by atoms with Crippen LogP contribution in [0.25, 0.3) is 0 Å². The van der Waals surface area contributed by atoms with Gasteiger partial charge >= 0.3 is 7.25 Å². The minimum atomic E-state index is -6.00. The summed E-state index contributed by atoms with van der Waals surface area (Å²) in [7, 11) is -5.87. The van der Waals surface area contributed by atoms with Gasteiger partial charge in [-0.1, -0.05) is 0 Å². The Hall–Kier alpha value is -1.75. The fourth-order valence-corrected chi connectivity index (χ4v) is 3.00. The highest BCUT2D eigenvalue weighted by Crippen LogP contribution is 2.17. The Balaban J connectivity index is 0.000000505. The normalized spacial score (nSPS) is 10.6. The molecule has 2 aromatic rings. The Morgan fingerprint density at radius 2 is 1.00 bits per heavy atom. The lowest BCUT2D eigenvalue weighted by atomic mass is 10.3. The summed E-state index contributed by atoms with van der Waals surface area (Å²) >= 11 is 0. The molecule has 0 spiro atoms. The van der Waals surface area contributed by atoms with Crippen LogP contribution in [0, 0.1) is 0 Å². The second-order valence-electron chi connectivity index (χ2n) is 4.64. The van der Waals surface area contributed by atoms with Gasteiger partial charge in [-0.2, -0.15) is 0 Å². The summed E-state index contributed by atoms with van der Waals surface area (Å²) in [6.45, 7) is 5.42. The first-order valence-corrected chi connectivity index (χ1v) is 8.65. The van der Waals surface area contributed by atoms with Crippen LogP contribution >= 0.6 is 8.58 Å². The van der Waals surface area contributed by atoms with Crippen molar-refractivity contribution < 1.29 is 26.7 Å². The number of ether oxygens (including phenoxy) is 2. The van der Waals surface area contributed by atoms with Gasteiger partial charge in [0.05, 0.1) is 32.4 Å². The van der Waals surface area contributed by atoms with Crippen LogP contribution < -0.4 is 20.1 Å². The maximum absolute atomic E-state index is 9.75. The number of halogens is 4. The highest BCUT2D eigenvalue weighted by atomic mass is 31.1. The van der Waals surface area contributed by atoms with Crippen LogP contribution in [-0.4, -0.2) is 20.5 Å². The van der Waals surface area contributed by atoms with E-state index in [0.717, 1.165) is 11.5 Å². The van der Waals surface area contributed by atoms with Gasteiger partial charge < -0.3 is 26.7 Å². The number of rotatable bonds is 6. The molecule has 0 aromatic heterocycles. The van der Waals surface area contributed by atoms with Crippen molar-refractivity contribution in [3.05, 3.63) is 48.5 Å². The SMILES string of the molecule is CCOc1ccc([PH2+]c2ccc(OCC)cc2)cc1.F[B-](F)(F)F. The molecule has 2 rings (SSSR count). The van der Waals surface area contributed by atoms with E-state index in [-0.39, 0.29) is 8.58 Å². The zero-order chi connectivity index (χ0) is 18.0. The molecule has 0 N–H and O–H groups in total. The lowest BCUT2D eigenvalue weighted by Gasteiger charge is -2.03. The second kappa shape index (κ2) is 10.2. The Labute approximate surface area is 141 Å². The predicted molar refractivity (Wildman–Crippen MR) is 94.4 cm³/mol. The molecule has 0 aliphatic heterocycles. The molecule has 0 unspecified atom stereocenters. The third-order valence-electron chi connectivity index (χ3n) is 2.72. The molecule has 0 aliphatic carbocycles. The molecule has 2 aromatic carbocycles. The first kappa shape index (κ1) is 20.3. The van der Waals surface area contributed by atoms with E-state index in [0.29, 0.717) is 13.2 Å². The monoisotopic (exact) mass is 362 g/mol. The van der Waals surface area contributed by atoms with Crippen LogP contribution in [0.1, 0.15) is 13.8 Å². The van der Waals surface area contributed by atoms with Crippen molar-refractivity contribution in [1.82, 2.24) is 0 Å². The topological polar surface area (TPSA) is 18.5 Å². The van der Waals surface area contributed by atoms with Crippen LogP contribution in [0.3, 0.4) is 0 Å². The Kier molecular flexibility index (Phi) is 8.62. The van der Waals surface area contributed by atoms with Gasteiger partial charge in [-0.15, -0.1) is 0 Å². The molecule has 0 bridgehead atoms. The van der Waals surface area contributed by atoms with Crippen molar-refractivity contribution >= 4 is 26.4 Å². The molecule has 2 nitrogen and oxygen atoms in total. The third kappa shape index (κ3) is 9.41. The highest BCUT2D eigenvalue weighted by molar-refractivity contribution is 7.55. The summed E-state index contributed by atoms with van der Waals surface area (Å²) in [5.41, 5.74) is 0. The van der Waals surface area contributed by atoms with Gasteiger partial charge in [0.15, 0.2) is 0 Å². The molecule has 8 heteroatoms. The van der Waals surface area contributed by atoms with Crippen LogP contribution in [0.15, 0.2) is 48.5 Å². The fraction of sp³-hybridized carbons (Fsp3) is 0.250. The smallest absolute Gasteiger partial charge is 0.494 e. The molecule has 0 amide bonds. The van der Waals surface area contributed by atoms with Crippen molar-refractivity contribution in [2.24, 2.45) is 0 Å². The Morgan fingerprint density at radius 1 is 0.708 bits per heavy atom. The van der Waals surface area contributed by atoms with E-state index < -0.39 is 7.25 Å². The summed E-state index contributed by atoms with van der Waals surface area (Å²) in [5.74, 6) is 1.88. The van der Waals surface area contributed by atoms with E-state index in [4.69, 9.17) is 9.47 Å². The van der Waals surface area contributed by atoms with E-state index in [9.17, 15) is 17.3 Å². The molecule has 0 heterocycles. The maximum Gasteiger partial charge on any atom is 0.673 e. The molecule has 132 valence electrons. The maximum atomic E-state index is 9.75. The van der Waals surface area contributed by atoms with E-state index in [1.807, 2.05) is 38.1 Å². The van der Waals surface area contributed by atoms with Gasteiger partial charge in [0, 0.05) is 0 Å². The van der Waals surface area contributed by atoms with Crippen molar-refractivity contribution in [3.63, 3.8) is 0 Å². The van der Waals surface area contributed by atoms with Crippen LogP contribution in [0.5, 0.6) is 11.5 Å². The summed E-state index contributed by atoms with van der Waals surface area (Å²) in [5, 5.41) is 2.74. The number of hydrogen-bond acceptors (Lipinski definition) is 2. The molecule has 0 saturated heterocycles. The van der Waals surface area contributed by atoms with Gasteiger partial charge in [0.1, 0.15) is 11.5 Å². The summed E-state index contributed by atoms with van der Waals surface area (Å²) in [6, 6.07) is 16.8. The minimum absolute atomic E-state index is 0.129. The van der Waals surface area contributed by atoms with Gasteiger partial charge in [-0.3, -0.25) is 0 Å². The first-order chi connectivity index (χ1) is 11.3. The van der Waals surface area contributed by atoms with E-state index in [1.54, 1.807) is 0 Å². The molecule has 0 fully saturated rings. The third-order valence-corrected chi connectivity index (χ3v) is 4.15. The lowest BCUT2D eigenvalue weighted by molar-refractivity contribution is 0.340. The van der Waals surface area contributed by atoms with Gasteiger partial charge in [0.25, 0.3) is 0 Å². The van der Waals surface area contributed by atoms with Crippen molar-refractivity contribution in [2.75, 3.05) is 13.2 Å². The van der Waals surface area contributed by atoms with E-state index in [2.05, 4.69) is 24.3 Å². The molecule has 24 heavy (non-hydrogen) atoms. The molecule has 0 aliphatic rings. The zero-order valence-corrected chi connectivity index (χ0v) is 14.7. The molecular formula is C16H20BF4O2P. The van der Waals surface area contributed by atoms with Crippen LogP contribution in [0.4, 0.5) is 17.3 Å². The Bertz CT molecular complexity index is 535. The highest BCUT2D eigenvalue weighted by Gasteiger charge is 2.20. The lowest BCUT2D eigenvalue weighted by Crippen LogP contribution is -2.03. The minimum Gasteiger partial charge on any atom is -0.494 e. The zero-order valence-electron chi connectivity index (χ0n) is 13.5. The van der Waals surface area contributed by atoms with Gasteiger partial charge in [-0.25, -0.2) is 0 Å². The number of benzene rings is 2. The van der Waals surface area contributed by atoms with Crippen LogP contribution in [0.2, 0.25) is 0 Å². The average Bonchev–Trinajstić information content (AvgIpc) is 2.50. The van der Waals surface area contributed by atoms with Gasteiger partial charge in [-0.05, 0) is 62.4 Å². The van der Waals surface area contributed by atoms with Crippen molar-refractivity contribution in [2.45, 2.75) is 13.8 Å². The van der Waals surface area contributed by atoms with Crippen LogP contribution in [-0.2, 0) is 0 Å². The van der Waals surface area contributed by atoms with Gasteiger partial charge in [0.2, 0.25) is 0 Å². The Morgan fingerprint density at radius 3 is 1.25 bits per heavy atom. The number of hydrogen-bond donors (Lipinski definition) is 0. The molecular weight excluding hydrogens is 342 g/mol. The second-order valence-corrected chi connectivity index (χ2v) is 6.27. The fourth-order valence-electron chi connectivity index (χ4n) is 1.85. The standard InChI is InChI=1S/C16H19O2P.BF4/c1-3-17-13-5-9-15(10-6-13)19-16-11-7-14(8-12-16)18-4-2;2-1(3,4)5/h5-12,19H,3-4H2,1-2H3;/q;-1/p+1. The molecule has 0 atom stereocenters. The largest absolute Gasteiger partial charge is 0.673 e. The molecule has 0 radical (unpaired) electrons. The summed E-state index contributed by atoms with van der Waals surface area (Å²) < 4.78 is 49.9. The van der Waals surface area contributed by atoms with E-state index >= 15 is 0 Å². The summed E-state index contributed by atoms with van der Waals surface area (Å²) in [6.07, 6.45) is 0. The molecule has 0 saturated carbocycles. The first-order valence-electron chi connectivity index (χ1n) is 7.49. The quantitative estimate of drug-likeness (QED) is 0.437. The average molecular weight is 362 g/mol. The predicted octanol–water partition coefficient (Wildman–Crippen LogP) is 4.15. The summed E-state index contributed by atoms with van der Waals surface area (Å²) in [4.78, 5) is 0. The van der Waals surface area contributed by atoms with Crippen molar-refractivity contribution in [3.8, 4) is 11.5 Å². The van der Waals surface area contributed by atoms with Crippen molar-refractivity contribution in [1.29, 1.82) is 0 Å². The van der Waals surface area contributed by atoms with E-state index in [1.165, 1.54) is 10.6 Å².